The normalized spacial score (nSPS) is 11.1. The second kappa shape index (κ2) is 24.6. The van der Waals surface area contributed by atoms with Crippen LogP contribution in [0, 0.1) is 13.8 Å². The van der Waals surface area contributed by atoms with Gasteiger partial charge < -0.3 is 10.6 Å². The van der Waals surface area contributed by atoms with E-state index in [9.17, 15) is 0 Å². The summed E-state index contributed by atoms with van der Waals surface area (Å²) in [6, 6.07) is 77.9. The van der Waals surface area contributed by atoms with Crippen molar-refractivity contribution in [1.82, 2.24) is 0 Å². The quantitative estimate of drug-likeness (QED) is 0.0838. The molecule has 0 spiro atoms. The van der Waals surface area contributed by atoms with Crippen molar-refractivity contribution in [3.63, 3.8) is 0 Å². The van der Waals surface area contributed by atoms with Gasteiger partial charge in [0.25, 0.3) is 0 Å². The lowest BCUT2D eigenvalue weighted by atomic mass is 9.84. The predicted molar refractivity (Wildman–Crippen MR) is 319 cm³/mol. The zero-order valence-corrected chi connectivity index (χ0v) is 43.8. The number of anilines is 4. The summed E-state index contributed by atoms with van der Waals surface area (Å²) >= 11 is 0. The van der Waals surface area contributed by atoms with E-state index in [-0.39, 0.29) is 0 Å². The van der Waals surface area contributed by atoms with E-state index >= 15 is 0 Å². The van der Waals surface area contributed by atoms with Crippen molar-refractivity contribution in [3.05, 3.63) is 240 Å². The van der Waals surface area contributed by atoms with Gasteiger partial charge >= 0.3 is 0 Å². The lowest BCUT2D eigenvalue weighted by molar-refractivity contribution is 0.717. The fraction of sp³-hybridized carbons (Fsp3) is 0.211. The van der Waals surface area contributed by atoms with E-state index in [1.807, 2.05) is 0 Å². The number of aryl methyl sites for hydroxylation is 5. The monoisotopic (exact) mass is 953 g/mol. The highest BCUT2D eigenvalue weighted by Gasteiger charge is 2.17. The number of hydrogen-bond acceptors (Lipinski definition) is 2. The van der Waals surface area contributed by atoms with Gasteiger partial charge in [0.05, 0.1) is 0 Å². The largest absolute Gasteiger partial charge is 0.356 e. The standard InChI is InChI=1S/C47H45N.C24H27N/c1-4-6-11-34-19-22-37-13-10-16-44(45(37)31-34)47-39(12-7-5-2)32-46(42-14-8-9-15-43(42)47)38-25-29-41(30-26-38)48-40-27-23-36(24-28-40)35-20-17-33(3)18-21-35;1-3-4-5-6-20-9-11-21(12-10-20)22-13-17-24(18-14-22)25-23-15-7-19(2)8-16-23/h8-10,13-32,48H,4-7,11-12H2,1-3H3;7-18,25H,3-6H2,1-2H3. The molecule has 0 aliphatic carbocycles. The van der Waals surface area contributed by atoms with E-state index in [2.05, 4.69) is 258 Å². The minimum atomic E-state index is 1.06. The SMILES string of the molecule is CCCCCc1ccc(-c2ccc(Nc3ccc(C)cc3)cc2)cc1.CCCCc1ccc2cccc(-c3c(CCCC)cc(-c4ccc(Nc5ccc(-c6ccc(C)cc6)cc5)cc4)c4ccccc34)c2c1. The van der Waals surface area contributed by atoms with Gasteiger partial charge in [-0.3, -0.25) is 0 Å². The van der Waals surface area contributed by atoms with Crippen molar-refractivity contribution >= 4 is 44.3 Å². The third-order valence-electron chi connectivity index (χ3n) is 14.3. The molecule has 0 radical (unpaired) electrons. The fourth-order valence-corrected chi connectivity index (χ4v) is 10.0. The Bertz CT molecular complexity index is 3330. The van der Waals surface area contributed by atoms with Crippen LogP contribution in [0.1, 0.15) is 93.5 Å². The maximum Gasteiger partial charge on any atom is 0.0384 e. The number of benzene rings is 10. The van der Waals surface area contributed by atoms with Crippen LogP contribution in [0.15, 0.2) is 212 Å². The minimum Gasteiger partial charge on any atom is -0.356 e. The molecule has 10 rings (SSSR count). The summed E-state index contributed by atoms with van der Waals surface area (Å²) in [5.74, 6) is 0. The first-order valence-corrected chi connectivity index (χ1v) is 27.0. The van der Waals surface area contributed by atoms with Crippen LogP contribution in [-0.2, 0) is 19.3 Å². The summed E-state index contributed by atoms with van der Waals surface area (Å²) in [5, 5.41) is 12.4. The summed E-state index contributed by atoms with van der Waals surface area (Å²) < 4.78 is 0. The Hall–Kier alpha value is -7.68. The van der Waals surface area contributed by atoms with Crippen LogP contribution in [0.3, 0.4) is 0 Å². The van der Waals surface area contributed by atoms with Gasteiger partial charge in [-0.05, 0) is 190 Å². The highest BCUT2D eigenvalue weighted by atomic mass is 14.9. The van der Waals surface area contributed by atoms with Gasteiger partial charge in [-0.2, -0.15) is 0 Å². The van der Waals surface area contributed by atoms with Crippen LogP contribution in [-0.4, -0.2) is 0 Å². The van der Waals surface area contributed by atoms with Gasteiger partial charge in [0, 0.05) is 22.7 Å². The molecule has 0 unspecified atom stereocenters. The van der Waals surface area contributed by atoms with Crippen LogP contribution in [0.5, 0.6) is 0 Å². The first-order valence-electron chi connectivity index (χ1n) is 27.0. The van der Waals surface area contributed by atoms with Crippen molar-refractivity contribution in [3.8, 4) is 44.5 Å². The molecule has 0 aromatic heterocycles. The zero-order chi connectivity index (χ0) is 50.4. The van der Waals surface area contributed by atoms with E-state index in [4.69, 9.17) is 0 Å². The van der Waals surface area contributed by atoms with Crippen molar-refractivity contribution in [2.45, 2.75) is 98.8 Å². The molecule has 10 aromatic rings. The van der Waals surface area contributed by atoms with Crippen LogP contribution >= 0.6 is 0 Å². The van der Waals surface area contributed by atoms with Gasteiger partial charge in [-0.15, -0.1) is 0 Å². The first-order chi connectivity index (χ1) is 35.8. The third kappa shape index (κ3) is 12.9. The van der Waals surface area contributed by atoms with Crippen LogP contribution in [0.25, 0.3) is 66.1 Å². The number of fused-ring (bicyclic) bond motifs is 2. The van der Waals surface area contributed by atoms with E-state index in [1.165, 1.54) is 145 Å². The third-order valence-corrected chi connectivity index (χ3v) is 14.3. The molecular weight excluding hydrogens is 881 g/mol. The summed E-state index contributed by atoms with van der Waals surface area (Å²) in [5.41, 5.74) is 21.6. The maximum atomic E-state index is 3.61. The molecule has 0 saturated carbocycles. The highest BCUT2D eigenvalue weighted by Crippen LogP contribution is 2.42. The van der Waals surface area contributed by atoms with Crippen molar-refractivity contribution in [1.29, 1.82) is 0 Å². The summed E-state index contributed by atoms with van der Waals surface area (Å²) in [7, 11) is 0. The van der Waals surface area contributed by atoms with Crippen molar-refractivity contribution < 1.29 is 0 Å². The van der Waals surface area contributed by atoms with E-state index in [0.717, 1.165) is 35.6 Å². The Kier molecular flexibility index (Phi) is 17.0. The summed E-state index contributed by atoms with van der Waals surface area (Å²) in [6.45, 7) is 11.0. The smallest absolute Gasteiger partial charge is 0.0384 e. The van der Waals surface area contributed by atoms with Gasteiger partial charge in [0.15, 0.2) is 0 Å². The van der Waals surface area contributed by atoms with Gasteiger partial charge in [0.2, 0.25) is 0 Å². The molecule has 0 atom stereocenters. The fourth-order valence-electron chi connectivity index (χ4n) is 10.0. The van der Waals surface area contributed by atoms with Gasteiger partial charge in [0.1, 0.15) is 0 Å². The molecule has 0 saturated heterocycles. The molecule has 2 heteroatoms. The van der Waals surface area contributed by atoms with E-state index in [1.54, 1.807) is 0 Å². The molecule has 2 nitrogen and oxygen atoms in total. The molecule has 2 N–H and O–H groups in total. The molecule has 0 bridgehead atoms. The Morgan fingerprint density at radius 2 is 0.767 bits per heavy atom. The Morgan fingerprint density at radius 3 is 1.33 bits per heavy atom. The number of hydrogen-bond donors (Lipinski definition) is 2. The molecule has 73 heavy (non-hydrogen) atoms. The zero-order valence-electron chi connectivity index (χ0n) is 43.8. The molecule has 0 aliphatic heterocycles. The Labute approximate surface area is 436 Å². The van der Waals surface area contributed by atoms with Gasteiger partial charge in [-0.1, -0.05) is 215 Å². The molecule has 0 heterocycles. The molecule has 366 valence electrons. The second-order valence-corrected chi connectivity index (χ2v) is 19.9. The van der Waals surface area contributed by atoms with E-state index in [0.29, 0.717) is 0 Å². The molecule has 0 fully saturated rings. The lowest BCUT2D eigenvalue weighted by Gasteiger charge is -2.19. The molecular formula is C71H72N2. The number of nitrogens with one attached hydrogen (secondary N) is 2. The molecule has 10 aromatic carbocycles. The average molecular weight is 953 g/mol. The van der Waals surface area contributed by atoms with Crippen LogP contribution < -0.4 is 10.6 Å². The van der Waals surface area contributed by atoms with E-state index < -0.39 is 0 Å². The number of rotatable bonds is 18. The predicted octanol–water partition coefficient (Wildman–Crippen LogP) is 20.9. The topological polar surface area (TPSA) is 24.1 Å². The van der Waals surface area contributed by atoms with Crippen molar-refractivity contribution in [2.75, 3.05) is 10.6 Å². The average Bonchev–Trinajstić information content (AvgIpc) is 3.43. The van der Waals surface area contributed by atoms with Crippen LogP contribution in [0.4, 0.5) is 22.7 Å². The van der Waals surface area contributed by atoms with Crippen molar-refractivity contribution in [2.24, 2.45) is 0 Å². The maximum absolute atomic E-state index is 3.61. The first kappa shape index (κ1) is 50.3. The minimum absolute atomic E-state index is 1.06. The summed E-state index contributed by atoms with van der Waals surface area (Å²) in [6.07, 6.45) is 12.0. The molecule has 0 aliphatic rings. The lowest BCUT2D eigenvalue weighted by Crippen LogP contribution is -1.97. The Balaban J connectivity index is 0.000000221. The Morgan fingerprint density at radius 1 is 0.315 bits per heavy atom. The van der Waals surface area contributed by atoms with Gasteiger partial charge in [-0.25, -0.2) is 0 Å². The highest BCUT2D eigenvalue weighted by molar-refractivity contribution is 6.11. The summed E-state index contributed by atoms with van der Waals surface area (Å²) in [4.78, 5) is 0. The number of unbranched alkanes of at least 4 members (excludes halogenated alkanes) is 4. The second-order valence-electron chi connectivity index (χ2n) is 19.9. The molecule has 0 amide bonds. The van der Waals surface area contributed by atoms with Crippen LogP contribution in [0.2, 0.25) is 0 Å².